The zero-order valence-corrected chi connectivity index (χ0v) is 14.9. The molecule has 1 atom stereocenters. The van der Waals surface area contributed by atoms with Crippen LogP contribution >= 0.6 is 0 Å². The smallest absolute Gasteiger partial charge is 0.315 e. The van der Waals surface area contributed by atoms with Crippen LogP contribution in [-0.4, -0.2) is 55.6 Å². The maximum atomic E-state index is 13.3. The topological polar surface area (TPSA) is 64.7 Å². The minimum Gasteiger partial charge on any atom is -0.338 e. The van der Waals surface area contributed by atoms with E-state index in [1.54, 1.807) is 12.1 Å². The molecule has 3 amide bonds. The molecule has 1 aliphatic rings. The molecule has 1 aliphatic heterocycles. The zero-order chi connectivity index (χ0) is 18.2. The summed E-state index contributed by atoms with van der Waals surface area (Å²) < 4.78 is 13.3. The van der Waals surface area contributed by atoms with Crippen LogP contribution in [0.1, 0.15) is 26.7 Å². The van der Waals surface area contributed by atoms with Crippen molar-refractivity contribution < 1.29 is 14.0 Å². The third kappa shape index (κ3) is 5.70. The van der Waals surface area contributed by atoms with Crippen LogP contribution in [0.15, 0.2) is 24.3 Å². The number of urea groups is 1. The van der Waals surface area contributed by atoms with E-state index in [4.69, 9.17) is 0 Å². The first-order chi connectivity index (χ1) is 12.0. The Morgan fingerprint density at radius 1 is 1.36 bits per heavy atom. The number of nitrogens with zero attached hydrogens (tertiary/aromatic N) is 2. The van der Waals surface area contributed by atoms with Crippen molar-refractivity contribution in [2.45, 2.75) is 32.7 Å². The van der Waals surface area contributed by atoms with Crippen LogP contribution in [0.2, 0.25) is 0 Å². The van der Waals surface area contributed by atoms with E-state index in [1.165, 1.54) is 17.0 Å². The van der Waals surface area contributed by atoms with Gasteiger partial charge in [0.2, 0.25) is 5.91 Å². The Labute approximate surface area is 148 Å². The van der Waals surface area contributed by atoms with Crippen molar-refractivity contribution in [3.8, 4) is 0 Å². The number of hydrogen-bond donors (Lipinski definition) is 2. The fourth-order valence-electron chi connectivity index (χ4n) is 2.98. The first kappa shape index (κ1) is 19.2. The molecule has 0 bridgehead atoms. The number of hydrogen-bond acceptors (Lipinski definition) is 3. The minimum absolute atomic E-state index is 0.113. The number of carbonyl (C=O) groups is 2. The van der Waals surface area contributed by atoms with Crippen LogP contribution in [-0.2, 0) is 4.79 Å². The fourth-order valence-corrected chi connectivity index (χ4v) is 2.98. The Morgan fingerprint density at radius 2 is 2.12 bits per heavy atom. The van der Waals surface area contributed by atoms with Gasteiger partial charge in [-0.05, 0) is 44.3 Å². The van der Waals surface area contributed by atoms with Crippen molar-refractivity contribution in [2.75, 3.05) is 37.6 Å². The average molecular weight is 350 g/mol. The van der Waals surface area contributed by atoms with E-state index in [9.17, 15) is 14.0 Å². The lowest BCUT2D eigenvalue weighted by Gasteiger charge is -2.19. The Bertz CT molecular complexity index is 592. The highest BCUT2D eigenvalue weighted by Crippen LogP contribution is 2.22. The summed E-state index contributed by atoms with van der Waals surface area (Å²) in [6.07, 6.45) is 1.11. The van der Waals surface area contributed by atoms with Crippen LogP contribution in [0.25, 0.3) is 0 Å². The Kier molecular flexibility index (Phi) is 7.18. The molecular weight excluding hydrogens is 323 g/mol. The number of carbonyl (C=O) groups excluding carboxylic acids is 2. The molecule has 2 N–H and O–H groups in total. The summed E-state index contributed by atoms with van der Waals surface area (Å²) >= 11 is 0. The second kappa shape index (κ2) is 9.36. The molecule has 25 heavy (non-hydrogen) atoms. The van der Waals surface area contributed by atoms with Crippen LogP contribution in [0.3, 0.4) is 0 Å². The summed E-state index contributed by atoms with van der Waals surface area (Å²) in [5, 5.41) is 5.64. The maximum Gasteiger partial charge on any atom is 0.315 e. The van der Waals surface area contributed by atoms with Gasteiger partial charge in [-0.15, -0.1) is 0 Å². The van der Waals surface area contributed by atoms with Gasteiger partial charge >= 0.3 is 6.03 Å². The number of amides is 3. The molecule has 0 aliphatic carbocycles. The SMILES string of the molecule is CCN(CC)CCCNC(=O)N[C@@H]1CC(=O)N(c2cccc(F)c2)C1. The van der Waals surface area contributed by atoms with Crippen molar-refractivity contribution in [1.82, 2.24) is 15.5 Å². The van der Waals surface area contributed by atoms with E-state index in [0.717, 1.165) is 26.1 Å². The van der Waals surface area contributed by atoms with Gasteiger partial charge in [-0.2, -0.15) is 0 Å². The highest BCUT2D eigenvalue weighted by molar-refractivity contribution is 5.96. The molecule has 1 aromatic carbocycles. The Morgan fingerprint density at radius 3 is 2.80 bits per heavy atom. The van der Waals surface area contributed by atoms with E-state index in [1.807, 2.05) is 0 Å². The third-order valence-corrected chi connectivity index (χ3v) is 4.41. The molecule has 6 nitrogen and oxygen atoms in total. The summed E-state index contributed by atoms with van der Waals surface area (Å²) in [6.45, 7) is 8.14. The molecule has 1 aromatic rings. The van der Waals surface area contributed by atoms with Crippen molar-refractivity contribution in [3.05, 3.63) is 30.1 Å². The van der Waals surface area contributed by atoms with Gasteiger partial charge in [0, 0.05) is 25.2 Å². The molecule has 0 radical (unpaired) electrons. The lowest BCUT2D eigenvalue weighted by atomic mass is 10.2. The number of nitrogens with one attached hydrogen (secondary N) is 2. The third-order valence-electron chi connectivity index (χ3n) is 4.41. The summed E-state index contributed by atoms with van der Waals surface area (Å²) in [4.78, 5) is 27.9. The second-order valence-corrected chi connectivity index (χ2v) is 6.17. The van der Waals surface area contributed by atoms with Gasteiger partial charge in [0.25, 0.3) is 0 Å². The standard InChI is InChI=1S/C18H27FN4O2/c1-3-22(4-2)10-6-9-20-18(25)21-15-12-17(24)23(13-15)16-8-5-7-14(19)11-16/h5,7-8,11,15H,3-4,6,9-10,12-13H2,1-2H3,(H2,20,21,25)/t15-/m1/s1. The molecule has 7 heteroatoms. The summed E-state index contributed by atoms with van der Waals surface area (Å²) in [5.41, 5.74) is 0.522. The largest absolute Gasteiger partial charge is 0.338 e. The first-order valence-electron chi connectivity index (χ1n) is 8.86. The molecule has 0 aromatic heterocycles. The monoisotopic (exact) mass is 350 g/mol. The summed E-state index contributed by atoms with van der Waals surface area (Å²) in [5.74, 6) is -0.495. The molecular formula is C18H27FN4O2. The van der Waals surface area contributed by atoms with Crippen LogP contribution in [0.5, 0.6) is 0 Å². The highest BCUT2D eigenvalue weighted by atomic mass is 19.1. The van der Waals surface area contributed by atoms with Crippen molar-refractivity contribution in [1.29, 1.82) is 0 Å². The summed E-state index contributed by atoms with van der Waals surface area (Å²) in [7, 11) is 0. The van der Waals surface area contributed by atoms with Crippen molar-refractivity contribution in [3.63, 3.8) is 0 Å². The van der Waals surface area contributed by atoms with Gasteiger partial charge in [-0.25, -0.2) is 9.18 Å². The zero-order valence-electron chi connectivity index (χ0n) is 14.9. The lowest BCUT2D eigenvalue weighted by Crippen LogP contribution is -2.44. The van der Waals surface area contributed by atoms with E-state index in [2.05, 4.69) is 29.4 Å². The molecule has 0 saturated carbocycles. The predicted octanol–water partition coefficient (Wildman–Crippen LogP) is 1.96. The molecule has 2 rings (SSSR count). The van der Waals surface area contributed by atoms with E-state index >= 15 is 0 Å². The van der Waals surface area contributed by atoms with Crippen LogP contribution in [0.4, 0.5) is 14.9 Å². The number of anilines is 1. The lowest BCUT2D eigenvalue weighted by molar-refractivity contribution is -0.117. The second-order valence-electron chi connectivity index (χ2n) is 6.17. The molecule has 0 spiro atoms. The van der Waals surface area contributed by atoms with Gasteiger partial charge in [-0.3, -0.25) is 4.79 Å². The van der Waals surface area contributed by atoms with E-state index in [-0.39, 0.29) is 30.2 Å². The Balaban J connectivity index is 1.74. The predicted molar refractivity (Wildman–Crippen MR) is 96.1 cm³/mol. The molecule has 1 saturated heterocycles. The van der Waals surface area contributed by atoms with Crippen molar-refractivity contribution in [2.24, 2.45) is 0 Å². The maximum absolute atomic E-state index is 13.3. The molecule has 1 heterocycles. The molecule has 1 fully saturated rings. The molecule has 0 unspecified atom stereocenters. The van der Waals surface area contributed by atoms with Crippen LogP contribution in [0, 0.1) is 5.82 Å². The van der Waals surface area contributed by atoms with Gasteiger partial charge < -0.3 is 20.4 Å². The highest BCUT2D eigenvalue weighted by Gasteiger charge is 2.31. The molecule has 138 valence electrons. The van der Waals surface area contributed by atoms with Gasteiger partial charge in [0.15, 0.2) is 0 Å². The van der Waals surface area contributed by atoms with Gasteiger partial charge in [0.05, 0.1) is 6.04 Å². The first-order valence-corrected chi connectivity index (χ1v) is 8.86. The van der Waals surface area contributed by atoms with Gasteiger partial charge in [-0.1, -0.05) is 19.9 Å². The quantitative estimate of drug-likeness (QED) is 0.705. The Hall–Kier alpha value is -2.15. The van der Waals surface area contributed by atoms with Gasteiger partial charge in [0.1, 0.15) is 5.82 Å². The fraction of sp³-hybridized carbons (Fsp3) is 0.556. The summed E-state index contributed by atoms with van der Waals surface area (Å²) in [6, 6.07) is 5.40. The van der Waals surface area contributed by atoms with Crippen LogP contribution < -0.4 is 15.5 Å². The number of rotatable bonds is 8. The minimum atomic E-state index is -0.382. The van der Waals surface area contributed by atoms with E-state index in [0.29, 0.717) is 18.8 Å². The normalized spacial score (nSPS) is 17.2. The number of benzene rings is 1. The average Bonchev–Trinajstić information content (AvgIpc) is 2.95. The van der Waals surface area contributed by atoms with E-state index < -0.39 is 0 Å². The number of halogens is 1. The van der Waals surface area contributed by atoms with Crippen molar-refractivity contribution >= 4 is 17.6 Å².